The lowest BCUT2D eigenvalue weighted by Crippen LogP contribution is -2.52. The molecule has 2 aliphatic rings. The fourth-order valence-electron chi connectivity index (χ4n) is 3.18. The second-order valence-electron chi connectivity index (χ2n) is 7.65. The van der Waals surface area contributed by atoms with Gasteiger partial charge in [0, 0.05) is 44.5 Å². The van der Waals surface area contributed by atoms with E-state index in [4.69, 9.17) is 9.47 Å². The van der Waals surface area contributed by atoms with E-state index in [1.807, 2.05) is 0 Å². The largest absolute Gasteiger partial charge is 0.381 e. The molecule has 4 heteroatoms. The van der Waals surface area contributed by atoms with E-state index in [1.54, 1.807) is 0 Å². The third kappa shape index (κ3) is 4.69. The van der Waals surface area contributed by atoms with E-state index in [9.17, 15) is 0 Å². The summed E-state index contributed by atoms with van der Waals surface area (Å²) in [6, 6.07) is 0.601. The highest BCUT2D eigenvalue weighted by Crippen LogP contribution is 2.32. The highest BCUT2D eigenvalue weighted by atomic mass is 16.5. The molecule has 20 heavy (non-hydrogen) atoms. The second kappa shape index (κ2) is 6.73. The third-order valence-electron chi connectivity index (χ3n) is 4.66. The van der Waals surface area contributed by atoms with Gasteiger partial charge in [0.05, 0.1) is 6.61 Å². The lowest BCUT2D eigenvalue weighted by atomic mass is 9.78. The summed E-state index contributed by atoms with van der Waals surface area (Å²) in [7, 11) is 2.26. The summed E-state index contributed by atoms with van der Waals surface area (Å²) in [6.07, 6.45) is 3.50. The first-order valence-electron chi connectivity index (χ1n) is 8.01. The monoisotopic (exact) mass is 284 g/mol. The van der Waals surface area contributed by atoms with Crippen LogP contribution in [0.15, 0.2) is 0 Å². The molecule has 0 amide bonds. The number of hydrogen-bond donors (Lipinski definition) is 1. The summed E-state index contributed by atoms with van der Waals surface area (Å²) in [5.41, 5.74) is 0.531. The van der Waals surface area contributed by atoms with Crippen LogP contribution in [-0.4, -0.2) is 63.0 Å². The second-order valence-corrected chi connectivity index (χ2v) is 7.65. The molecule has 2 saturated heterocycles. The van der Waals surface area contributed by atoms with Crippen molar-refractivity contribution in [1.82, 2.24) is 10.2 Å². The number of ether oxygens (including phenoxy) is 2. The van der Waals surface area contributed by atoms with Crippen LogP contribution < -0.4 is 5.32 Å². The zero-order valence-corrected chi connectivity index (χ0v) is 13.7. The maximum Gasteiger partial charge on any atom is 0.0622 e. The van der Waals surface area contributed by atoms with Gasteiger partial charge in [-0.2, -0.15) is 0 Å². The minimum atomic E-state index is 0.181. The molecule has 2 aliphatic heterocycles. The Bertz CT molecular complexity index is 289. The molecule has 1 atom stereocenters. The van der Waals surface area contributed by atoms with Crippen LogP contribution in [0.5, 0.6) is 0 Å². The van der Waals surface area contributed by atoms with Gasteiger partial charge in [0.25, 0.3) is 0 Å². The summed E-state index contributed by atoms with van der Waals surface area (Å²) >= 11 is 0. The first-order chi connectivity index (χ1) is 9.40. The van der Waals surface area contributed by atoms with Crippen LogP contribution in [0.1, 0.15) is 40.0 Å². The maximum atomic E-state index is 5.59. The van der Waals surface area contributed by atoms with Crippen molar-refractivity contribution in [3.05, 3.63) is 0 Å². The van der Waals surface area contributed by atoms with Crippen LogP contribution in [0, 0.1) is 5.41 Å². The fraction of sp³-hybridized carbons (Fsp3) is 1.00. The van der Waals surface area contributed by atoms with E-state index < -0.39 is 0 Å². The van der Waals surface area contributed by atoms with Crippen LogP contribution in [0.2, 0.25) is 0 Å². The Labute approximate surface area is 124 Å². The predicted octanol–water partition coefficient (Wildman–Crippen LogP) is 1.89. The molecule has 2 heterocycles. The van der Waals surface area contributed by atoms with Crippen molar-refractivity contribution in [3.63, 3.8) is 0 Å². The summed E-state index contributed by atoms with van der Waals surface area (Å²) < 4.78 is 11.1. The first kappa shape index (κ1) is 16.2. The smallest absolute Gasteiger partial charge is 0.0622 e. The lowest BCUT2D eigenvalue weighted by Gasteiger charge is -2.43. The Morgan fingerprint density at radius 3 is 2.40 bits per heavy atom. The summed E-state index contributed by atoms with van der Waals surface area (Å²) in [6.45, 7) is 12.6. The molecular formula is C16H32N2O2. The SMILES string of the molecule is CN(CC1(CNC(C)(C)C)CCOCC1)C1CCOC1. The van der Waals surface area contributed by atoms with Crippen LogP contribution >= 0.6 is 0 Å². The van der Waals surface area contributed by atoms with Gasteiger partial charge in [-0.25, -0.2) is 0 Å². The Morgan fingerprint density at radius 2 is 1.85 bits per heavy atom. The van der Waals surface area contributed by atoms with E-state index in [1.165, 1.54) is 6.42 Å². The maximum absolute atomic E-state index is 5.59. The number of hydrogen-bond acceptors (Lipinski definition) is 4. The van der Waals surface area contributed by atoms with Crippen molar-refractivity contribution < 1.29 is 9.47 Å². The van der Waals surface area contributed by atoms with Gasteiger partial charge in [-0.1, -0.05) is 0 Å². The summed E-state index contributed by atoms with van der Waals surface area (Å²) in [4.78, 5) is 2.52. The van der Waals surface area contributed by atoms with Crippen molar-refractivity contribution in [1.29, 1.82) is 0 Å². The lowest BCUT2D eigenvalue weighted by molar-refractivity contribution is -0.00992. The van der Waals surface area contributed by atoms with Crippen LogP contribution in [0.4, 0.5) is 0 Å². The van der Waals surface area contributed by atoms with Gasteiger partial charge in [0.2, 0.25) is 0 Å². The first-order valence-corrected chi connectivity index (χ1v) is 8.01. The molecule has 0 spiro atoms. The molecule has 1 unspecified atom stereocenters. The minimum Gasteiger partial charge on any atom is -0.381 e. The molecule has 0 aromatic rings. The Hall–Kier alpha value is -0.160. The van der Waals surface area contributed by atoms with Crippen molar-refractivity contribution in [2.45, 2.75) is 51.6 Å². The molecule has 0 radical (unpaired) electrons. The molecule has 118 valence electrons. The van der Waals surface area contributed by atoms with Gasteiger partial charge in [0.15, 0.2) is 0 Å². The average Bonchev–Trinajstić information content (AvgIpc) is 2.91. The Balaban J connectivity index is 1.94. The number of nitrogens with one attached hydrogen (secondary N) is 1. The van der Waals surface area contributed by atoms with E-state index >= 15 is 0 Å². The highest BCUT2D eigenvalue weighted by Gasteiger charge is 2.36. The normalized spacial score (nSPS) is 27.1. The van der Waals surface area contributed by atoms with Gasteiger partial charge < -0.3 is 19.7 Å². The molecule has 0 aromatic heterocycles. The topological polar surface area (TPSA) is 33.7 Å². The van der Waals surface area contributed by atoms with E-state index in [2.05, 4.69) is 38.0 Å². The molecule has 0 saturated carbocycles. The molecule has 0 aromatic carbocycles. The van der Waals surface area contributed by atoms with Crippen LogP contribution in [0.3, 0.4) is 0 Å². The molecule has 1 N–H and O–H groups in total. The summed E-state index contributed by atoms with van der Waals surface area (Å²) in [5, 5.41) is 3.71. The highest BCUT2D eigenvalue weighted by molar-refractivity contribution is 4.90. The van der Waals surface area contributed by atoms with Gasteiger partial charge in [-0.15, -0.1) is 0 Å². The third-order valence-corrected chi connectivity index (χ3v) is 4.66. The molecule has 0 bridgehead atoms. The van der Waals surface area contributed by atoms with Gasteiger partial charge >= 0.3 is 0 Å². The zero-order valence-electron chi connectivity index (χ0n) is 13.7. The fourth-order valence-corrected chi connectivity index (χ4v) is 3.18. The summed E-state index contributed by atoms with van der Waals surface area (Å²) in [5.74, 6) is 0. The number of likely N-dealkylation sites (N-methyl/N-ethyl adjacent to an activating group) is 1. The molecule has 2 rings (SSSR count). The van der Waals surface area contributed by atoms with Crippen molar-refractivity contribution >= 4 is 0 Å². The van der Waals surface area contributed by atoms with Crippen molar-refractivity contribution in [2.75, 3.05) is 46.6 Å². The Morgan fingerprint density at radius 1 is 1.15 bits per heavy atom. The quantitative estimate of drug-likeness (QED) is 0.836. The van der Waals surface area contributed by atoms with Gasteiger partial charge in [0.1, 0.15) is 0 Å². The van der Waals surface area contributed by atoms with Crippen LogP contribution in [-0.2, 0) is 9.47 Å². The average molecular weight is 284 g/mol. The minimum absolute atomic E-state index is 0.181. The van der Waals surface area contributed by atoms with E-state index in [0.29, 0.717) is 11.5 Å². The predicted molar refractivity (Wildman–Crippen MR) is 82.1 cm³/mol. The van der Waals surface area contributed by atoms with Crippen molar-refractivity contribution in [3.8, 4) is 0 Å². The number of nitrogens with zero attached hydrogens (tertiary/aromatic N) is 1. The standard InChI is InChI=1S/C16H32N2O2/c1-15(2,3)17-12-16(6-9-19-10-7-16)13-18(4)14-5-8-20-11-14/h14,17H,5-13H2,1-4H3. The van der Waals surface area contributed by atoms with E-state index in [-0.39, 0.29) is 5.54 Å². The molecule has 4 nitrogen and oxygen atoms in total. The molecule has 0 aliphatic carbocycles. The molecule has 2 fully saturated rings. The molecular weight excluding hydrogens is 252 g/mol. The van der Waals surface area contributed by atoms with Gasteiger partial charge in [-0.05, 0) is 52.5 Å². The Kier molecular flexibility index (Phi) is 5.46. The van der Waals surface area contributed by atoms with Crippen molar-refractivity contribution in [2.24, 2.45) is 5.41 Å². The van der Waals surface area contributed by atoms with Gasteiger partial charge in [-0.3, -0.25) is 0 Å². The number of rotatable bonds is 5. The zero-order chi connectivity index (χ0) is 14.6. The van der Waals surface area contributed by atoms with E-state index in [0.717, 1.165) is 52.4 Å². The van der Waals surface area contributed by atoms with Crippen LogP contribution in [0.25, 0.3) is 0 Å².